The van der Waals surface area contributed by atoms with Gasteiger partial charge in [-0.15, -0.1) is 0 Å². The van der Waals surface area contributed by atoms with Crippen molar-refractivity contribution in [3.05, 3.63) is 18.0 Å². The number of hydrogen-bond donors (Lipinski definition) is 1. The Bertz CT molecular complexity index is 470. The second kappa shape index (κ2) is 6.31. The van der Waals surface area contributed by atoms with Crippen LogP contribution in [0.3, 0.4) is 0 Å². The van der Waals surface area contributed by atoms with Crippen LogP contribution in [0.5, 0.6) is 0 Å². The highest BCUT2D eigenvalue weighted by atomic mass is 16.5. The quantitative estimate of drug-likeness (QED) is 0.916. The lowest BCUT2D eigenvalue weighted by atomic mass is 9.95. The number of nitrogens with two attached hydrogens (primary N) is 1. The normalized spacial score (nSPS) is 23.1. The van der Waals surface area contributed by atoms with Crippen molar-refractivity contribution in [2.45, 2.75) is 39.3 Å². The Hall–Kier alpha value is -1.49. The first-order valence-corrected chi connectivity index (χ1v) is 7.34. The fourth-order valence-corrected chi connectivity index (χ4v) is 2.83. The van der Waals surface area contributed by atoms with E-state index in [9.17, 15) is 4.79 Å². The van der Waals surface area contributed by atoms with E-state index in [0.717, 1.165) is 25.9 Å². The van der Waals surface area contributed by atoms with Crippen LogP contribution in [-0.2, 0) is 11.3 Å². The Kier molecular flexibility index (Phi) is 4.70. The number of likely N-dealkylation sites (tertiary alicyclic amines) is 1. The fraction of sp³-hybridized carbons (Fsp3) is 0.667. The van der Waals surface area contributed by atoms with Crippen molar-refractivity contribution in [2.75, 3.05) is 25.9 Å². The number of anilines is 1. The first-order valence-electron chi connectivity index (χ1n) is 7.34. The lowest BCUT2D eigenvalue weighted by Crippen LogP contribution is -2.47. The van der Waals surface area contributed by atoms with Crippen molar-refractivity contribution in [1.29, 1.82) is 0 Å². The number of nitrogen functional groups attached to an aromatic ring is 1. The van der Waals surface area contributed by atoms with Gasteiger partial charge in [-0.2, -0.15) is 0 Å². The Balaban J connectivity index is 2.15. The third-order valence-electron chi connectivity index (χ3n) is 4.08. The highest BCUT2D eigenvalue weighted by molar-refractivity contribution is 5.94. The van der Waals surface area contributed by atoms with Crippen molar-refractivity contribution in [2.24, 2.45) is 5.92 Å². The molecule has 1 aliphatic heterocycles. The van der Waals surface area contributed by atoms with Gasteiger partial charge < -0.3 is 19.9 Å². The molecule has 20 heavy (non-hydrogen) atoms. The SMILES string of the molecule is CCCn1cc(N)cc1C(=O)N1CCC(C)C(OC)C1. The number of carbonyl (C=O) groups excluding carboxylic acids is 1. The van der Waals surface area contributed by atoms with E-state index in [-0.39, 0.29) is 12.0 Å². The van der Waals surface area contributed by atoms with Gasteiger partial charge in [0.05, 0.1) is 11.8 Å². The molecule has 1 amide bonds. The van der Waals surface area contributed by atoms with Gasteiger partial charge in [-0.3, -0.25) is 4.79 Å². The molecule has 0 aromatic carbocycles. The molecule has 112 valence electrons. The molecule has 0 radical (unpaired) electrons. The lowest BCUT2D eigenvalue weighted by molar-refractivity contribution is -0.00193. The molecule has 5 nitrogen and oxygen atoms in total. The summed E-state index contributed by atoms with van der Waals surface area (Å²) in [5.74, 6) is 0.556. The average Bonchev–Trinajstić information content (AvgIpc) is 2.80. The summed E-state index contributed by atoms with van der Waals surface area (Å²) in [5, 5.41) is 0. The first-order chi connectivity index (χ1) is 9.56. The van der Waals surface area contributed by atoms with Gasteiger partial charge in [-0.05, 0) is 24.8 Å². The van der Waals surface area contributed by atoms with Crippen LogP contribution in [0, 0.1) is 5.92 Å². The monoisotopic (exact) mass is 279 g/mol. The number of carbonyl (C=O) groups is 1. The number of nitrogens with zero attached hydrogens (tertiary/aromatic N) is 2. The lowest BCUT2D eigenvalue weighted by Gasteiger charge is -2.36. The molecule has 1 aliphatic rings. The molecule has 0 saturated carbocycles. The van der Waals surface area contributed by atoms with Gasteiger partial charge in [0.15, 0.2) is 0 Å². The van der Waals surface area contributed by atoms with E-state index in [1.807, 2.05) is 15.7 Å². The van der Waals surface area contributed by atoms with Gasteiger partial charge in [-0.1, -0.05) is 13.8 Å². The minimum absolute atomic E-state index is 0.0594. The summed E-state index contributed by atoms with van der Waals surface area (Å²) in [7, 11) is 1.72. The number of rotatable bonds is 4. The minimum atomic E-state index is 0.0594. The summed E-state index contributed by atoms with van der Waals surface area (Å²) in [6, 6.07) is 1.78. The summed E-state index contributed by atoms with van der Waals surface area (Å²) in [6.07, 6.45) is 3.93. The van der Waals surface area contributed by atoms with Gasteiger partial charge >= 0.3 is 0 Å². The zero-order valence-corrected chi connectivity index (χ0v) is 12.6. The Morgan fingerprint density at radius 3 is 2.95 bits per heavy atom. The summed E-state index contributed by atoms with van der Waals surface area (Å²) < 4.78 is 7.43. The molecule has 1 saturated heterocycles. The Morgan fingerprint density at radius 1 is 1.55 bits per heavy atom. The van der Waals surface area contributed by atoms with Crippen molar-refractivity contribution in [3.63, 3.8) is 0 Å². The molecule has 0 spiro atoms. The number of piperidine rings is 1. The van der Waals surface area contributed by atoms with Gasteiger partial charge in [0.25, 0.3) is 5.91 Å². The maximum absolute atomic E-state index is 12.7. The molecule has 2 rings (SSSR count). The molecule has 2 heterocycles. The molecular weight excluding hydrogens is 254 g/mol. The number of ether oxygens (including phenoxy) is 1. The van der Waals surface area contributed by atoms with Crippen LogP contribution in [0.1, 0.15) is 37.2 Å². The Labute approximate surface area is 120 Å². The van der Waals surface area contributed by atoms with Crippen LogP contribution in [-0.4, -0.2) is 41.7 Å². The second-order valence-corrected chi connectivity index (χ2v) is 5.64. The topological polar surface area (TPSA) is 60.5 Å². The standard InChI is InChI=1S/C15H25N3O2/c1-4-6-17-9-12(16)8-13(17)15(19)18-7-5-11(2)14(10-18)20-3/h8-9,11,14H,4-7,10,16H2,1-3H3. The van der Waals surface area contributed by atoms with Crippen molar-refractivity contribution >= 4 is 11.6 Å². The highest BCUT2D eigenvalue weighted by Gasteiger charge is 2.30. The van der Waals surface area contributed by atoms with E-state index in [4.69, 9.17) is 10.5 Å². The predicted octanol–water partition coefficient (Wildman–Crippen LogP) is 1.98. The van der Waals surface area contributed by atoms with Crippen LogP contribution < -0.4 is 5.73 Å². The van der Waals surface area contributed by atoms with Crippen LogP contribution in [0.2, 0.25) is 0 Å². The number of hydrogen-bond acceptors (Lipinski definition) is 3. The van der Waals surface area contributed by atoms with E-state index in [1.54, 1.807) is 13.2 Å². The summed E-state index contributed by atoms with van der Waals surface area (Å²) in [4.78, 5) is 14.6. The van der Waals surface area contributed by atoms with E-state index in [1.165, 1.54) is 0 Å². The largest absolute Gasteiger partial charge is 0.397 e. The third kappa shape index (κ3) is 2.98. The van der Waals surface area contributed by atoms with E-state index in [2.05, 4.69) is 13.8 Å². The summed E-state index contributed by atoms with van der Waals surface area (Å²) in [6.45, 7) is 6.53. The van der Waals surface area contributed by atoms with Crippen LogP contribution in [0.25, 0.3) is 0 Å². The van der Waals surface area contributed by atoms with Gasteiger partial charge in [0, 0.05) is 32.9 Å². The van der Waals surface area contributed by atoms with Gasteiger partial charge in [-0.25, -0.2) is 0 Å². The van der Waals surface area contributed by atoms with Gasteiger partial charge in [0.2, 0.25) is 0 Å². The maximum Gasteiger partial charge on any atom is 0.270 e. The van der Waals surface area contributed by atoms with Crippen LogP contribution in [0.4, 0.5) is 5.69 Å². The summed E-state index contributed by atoms with van der Waals surface area (Å²) >= 11 is 0. The molecular formula is C15H25N3O2. The first kappa shape index (κ1) is 14.9. The van der Waals surface area contributed by atoms with Crippen molar-refractivity contribution in [1.82, 2.24) is 9.47 Å². The van der Waals surface area contributed by atoms with Crippen molar-refractivity contribution < 1.29 is 9.53 Å². The van der Waals surface area contributed by atoms with Gasteiger partial charge in [0.1, 0.15) is 5.69 Å². The molecule has 2 atom stereocenters. The number of aromatic nitrogens is 1. The molecule has 5 heteroatoms. The van der Waals surface area contributed by atoms with E-state index >= 15 is 0 Å². The zero-order chi connectivity index (χ0) is 14.7. The molecule has 0 bridgehead atoms. The molecule has 1 fully saturated rings. The average molecular weight is 279 g/mol. The minimum Gasteiger partial charge on any atom is -0.397 e. The third-order valence-corrected chi connectivity index (χ3v) is 4.08. The molecule has 0 aliphatic carbocycles. The summed E-state index contributed by atoms with van der Waals surface area (Å²) in [5.41, 5.74) is 7.17. The van der Waals surface area contributed by atoms with E-state index in [0.29, 0.717) is 23.8 Å². The number of aryl methyl sites for hydroxylation is 1. The molecule has 2 N–H and O–H groups in total. The van der Waals surface area contributed by atoms with Crippen LogP contribution >= 0.6 is 0 Å². The predicted molar refractivity (Wildman–Crippen MR) is 79.6 cm³/mol. The Morgan fingerprint density at radius 2 is 2.30 bits per heavy atom. The zero-order valence-electron chi connectivity index (χ0n) is 12.6. The van der Waals surface area contributed by atoms with Crippen LogP contribution in [0.15, 0.2) is 12.3 Å². The van der Waals surface area contributed by atoms with E-state index < -0.39 is 0 Å². The smallest absolute Gasteiger partial charge is 0.270 e. The molecule has 1 aromatic heterocycles. The molecule has 1 aromatic rings. The number of methoxy groups -OCH3 is 1. The second-order valence-electron chi connectivity index (χ2n) is 5.64. The van der Waals surface area contributed by atoms with Crippen molar-refractivity contribution in [3.8, 4) is 0 Å². The number of amides is 1. The fourth-order valence-electron chi connectivity index (χ4n) is 2.83. The molecule has 2 unspecified atom stereocenters. The highest BCUT2D eigenvalue weighted by Crippen LogP contribution is 2.22. The maximum atomic E-state index is 12.7.